The standard InChI is InChI=1S/C18H14Cl2O7.C16H14O3/c1-5-9-16(11(20)13(22)10(5)19)26-14-6(2)8(17(23)25-4)12(21)7(3)15(14)27-18(9)24;1-3-12(11-7-5-4-6-8-11)13-9-15(18)16(19-2)10-14(13)17/h21-22H,1-4H3;3-10,12H,1H2,2H3. The smallest absolute Gasteiger partial charge is 0.347 e. The fourth-order valence-corrected chi connectivity index (χ4v) is 5.41. The molecule has 1 heterocycles. The van der Waals surface area contributed by atoms with Crippen molar-refractivity contribution in [2.24, 2.45) is 0 Å². The summed E-state index contributed by atoms with van der Waals surface area (Å²) in [5.74, 6) is -3.46. The second-order valence-corrected chi connectivity index (χ2v) is 10.8. The first-order chi connectivity index (χ1) is 21.8. The van der Waals surface area contributed by atoms with Gasteiger partial charge in [-0.25, -0.2) is 9.59 Å². The molecule has 3 aromatic carbocycles. The number of benzene rings is 3. The van der Waals surface area contributed by atoms with Crippen LogP contribution in [0.3, 0.4) is 0 Å². The fourth-order valence-electron chi connectivity index (χ4n) is 4.95. The molecule has 0 saturated heterocycles. The summed E-state index contributed by atoms with van der Waals surface area (Å²) in [6.07, 6.45) is 4.23. The predicted molar refractivity (Wildman–Crippen MR) is 169 cm³/mol. The average molecular weight is 667 g/mol. The molecule has 2 N–H and O–H groups in total. The third-order valence-electron chi connectivity index (χ3n) is 7.42. The van der Waals surface area contributed by atoms with Crippen molar-refractivity contribution in [1.29, 1.82) is 0 Å². The van der Waals surface area contributed by atoms with Crippen molar-refractivity contribution in [2.75, 3.05) is 14.2 Å². The molecule has 238 valence electrons. The number of ketones is 2. The van der Waals surface area contributed by atoms with Crippen LogP contribution in [0.1, 0.15) is 48.9 Å². The van der Waals surface area contributed by atoms with Crippen LogP contribution in [-0.2, 0) is 19.1 Å². The lowest BCUT2D eigenvalue weighted by Crippen LogP contribution is -2.18. The number of aromatic hydroxyl groups is 2. The number of methoxy groups -OCH3 is 2. The van der Waals surface area contributed by atoms with E-state index in [4.69, 9.17) is 42.1 Å². The number of halogens is 2. The van der Waals surface area contributed by atoms with Gasteiger partial charge in [0.15, 0.2) is 34.5 Å². The summed E-state index contributed by atoms with van der Waals surface area (Å²) in [5, 5.41) is 20.1. The summed E-state index contributed by atoms with van der Waals surface area (Å²) in [6.45, 7) is 8.19. The predicted octanol–water partition coefficient (Wildman–Crippen LogP) is 7.01. The Labute approximate surface area is 274 Å². The first kappa shape index (κ1) is 33.8. The minimum Gasteiger partial charge on any atom is -0.507 e. The Bertz CT molecular complexity index is 1870. The number of ether oxygens (including phenoxy) is 4. The summed E-state index contributed by atoms with van der Waals surface area (Å²) >= 11 is 12.2. The molecule has 12 heteroatoms. The van der Waals surface area contributed by atoms with Crippen molar-refractivity contribution in [3.63, 3.8) is 0 Å². The molecule has 0 radical (unpaired) electrons. The summed E-state index contributed by atoms with van der Waals surface area (Å²) in [5.41, 5.74) is 1.62. The molecule has 1 aliphatic carbocycles. The van der Waals surface area contributed by atoms with Crippen LogP contribution in [0.2, 0.25) is 10.0 Å². The number of phenols is 2. The number of hydrogen-bond acceptors (Lipinski definition) is 10. The molecule has 3 aromatic rings. The van der Waals surface area contributed by atoms with Crippen LogP contribution in [0.15, 0.2) is 66.5 Å². The lowest BCUT2D eigenvalue weighted by atomic mass is 9.85. The molecular weight excluding hydrogens is 639 g/mol. The van der Waals surface area contributed by atoms with Gasteiger partial charge in [-0.15, -0.1) is 6.58 Å². The van der Waals surface area contributed by atoms with E-state index in [1.807, 2.05) is 30.3 Å². The molecule has 0 bridgehead atoms. The zero-order valence-corrected chi connectivity index (χ0v) is 26.8. The van der Waals surface area contributed by atoms with Gasteiger partial charge in [0.1, 0.15) is 21.9 Å². The number of fused-ring (bicyclic) bond motifs is 2. The second kappa shape index (κ2) is 13.5. The third-order valence-corrected chi connectivity index (χ3v) is 8.23. The Balaban J connectivity index is 0.000000222. The molecule has 1 unspecified atom stereocenters. The van der Waals surface area contributed by atoms with Crippen LogP contribution in [0.4, 0.5) is 0 Å². The van der Waals surface area contributed by atoms with E-state index in [-0.39, 0.29) is 78.4 Å². The number of phenolic OH excluding ortho intramolecular Hbond substituents is 2. The summed E-state index contributed by atoms with van der Waals surface area (Å²) in [7, 11) is 2.54. The Morgan fingerprint density at radius 1 is 0.848 bits per heavy atom. The minimum atomic E-state index is -0.835. The van der Waals surface area contributed by atoms with Crippen LogP contribution in [0.25, 0.3) is 0 Å². The van der Waals surface area contributed by atoms with Gasteiger partial charge >= 0.3 is 11.9 Å². The molecule has 1 atom stereocenters. The van der Waals surface area contributed by atoms with Crippen molar-refractivity contribution < 1.29 is 48.3 Å². The highest BCUT2D eigenvalue weighted by Crippen LogP contribution is 2.52. The number of carbonyl (C=O) groups is 4. The molecule has 0 fully saturated rings. The number of esters is 2. The zero-order valence-electron chi connectivity index (χ0n) is 25.3. The lowest BCUT2D eigenvalue weighted by molar-refractivity contribution is -0.117. The second-order valence-electron chi connectivity index (χ2n) is 10.1. The van der Waals surface area contributed by atoms with Gasteiger partial charge in [-0.2, -0.15) is 0 Å². The van der Waals surface area contributed by atoms with E-state index >= 15 is 0 Å². The average Bonchev–Trinajstić information content (AvgIpc) is 3.21. The van der Waals surface area contributed by atoms with E-state index in [1.54, 1.807) is 6.08 Å². The molecule has 0 saturated carbocycles. The lowest BCUT2D eigenvalue weighted by Gasteiger charge is -2.18. The van der Waals surface area contributed by atoms with E-state index in [2.05, 4.69) is 6.58 Å². The normalized spacial score (nSPS) is 14.1. The first-order valence-electron chi connectivity index (χ1n) is 13.6. The van der Waals surface area contributed by atoms with Crippen LogP contribution in [0, 0.1) is 20.8 Å². The Morgan fingerprint density at radius 3 is 2.07 bits per heavy atom. The minimum absolute atomic E-state index is 0.0131. The van der Waals surface area contributed by atoms with Crippen molar-refractivity contribution in [3.05, 3.63) is 110 Å². The molecule has 0 aromatic heterocycles. The zero-order chi connectivity index (χ0) is 34.0. The van der Waals surface area contributed by atoms with Gasteiger partial charge in [0.25, 0.3) is 0 Å². The molecule has 5 rings (SSSR count). The maximum Gasteiger partial charge on any atom is 0.347 e. The molecule has 2 aliphatic rings. The largest absolute Gasteiger partial charge is 0.507 e. The van der Waals surface area contributed by atoms with Crippen LogP contribution >= 0.6 is 23.2 Å². The van der Waals surface area contributed by atoms with Gasteiger partial charge in [-0.05, 0) is 38.0 Å². The maximum atomic E-state index is 12.7. The highest BCUT2D eigenvalue weighted by atomic mass is 35.5. The van der Waals surface area contributed by atoms with Gasteiger partial charge < -0.3 is 29.2 Å². The van der Waals surface area contributed by atoms with Crippen molar-refractivity contribution in [3.8, 4) is 28.7 Å². The Morgan fingerprint density at radius 2 is 1.48 bits per heavy atom. The number of rotatable bonds is 5. The Hall–Kier alpha value is -5.06. The molecule has 0 spiro atoms. The monoisotopic (exact) mass is 666 g/mol. The SMILES string of the molecule is C=CC(C1=CC(=O)C(OC)=CC1=O)c1ccccc1.COC(=O)c1c(C)c2c(c(C)c1O)OC(=O)c1c(C)c(Cl)c(O)c(Cl)c1O2. The maximum absolute atomic E-state index is 12.7. The quantitative estimate of drug-likeness (QED) is 0.126. The van der Waals surface area contributed by atoms with E-state index in [1.165, 1.54) is 47.1 Å². The topological polar surface area (TPSA) is 146 Å². The van der Waals surface area contributed by atoms with Gasteiger partial charge in [0.05, 0.1) is 19.2 Å². The first-order valence-corrected chi connectivity index (χ1v) is 14.3. The van der Waals surface area contributed by atoms with Crippen molar-refractivity contribution in [2.45, 2.75) is 26.7 Å². The molecule has 1 aliphatic heterocycles. The van der Waals surface area contributed by atoms with E-state index in [0.29, 0.717) is 5.57 Å². The van der Waals surface area contributed by atoms with E-state index in [0.717, 1.165) is 5.56 Å². The van der Waals surface area contributed by atoms with Gasteiger partial charge in [-0.1, -0.05) is 59.6 Å². The highest BCUT2D eigenvalue weighted by molar-refractivity contribution is 6.39. The van der Waals surface area contributed by atoms with E-state index < -0.39 is 23.4 Å². The van der Waals surface area contributed by atoms with Crippen LogP contribution in [0.5, 0.6) is 28.7 Å². The van der Waals surface area contributed by atoms with Gasteiger partial charge in [0, 0.05) is 28.7 Å². The van der Waals surface area contributed by atoms with Crippen LogP contribution in [-0.4, -0.2) is 47.9 Å². The molecule has 10 nitrogen and oxygen atoms in total. The van der Waals surface area contributed by atoms with Crippen molar-refractivity contribution in [1.82, 2.24) is 0 Å². The third kappa shape index (κ3) is 5.96. The summed E-state index contributed by atoms with van der Waals surface area (Å²) in [4.78, 5) is 48.6. The Kier molecular flexibility index (Phi) is 9.94. The number of carbonyl (C=O) groups excluding carboxylic acids is 4. The summed E-state index contributed by atoms with van der Waals surface area (Å²) in [6, 6.07) is 9.48. The van der Waals surface area contributed by atoms with Crippen LogP contribution < -0.4 is 9.47 Å². The van der Waals surface area contributed by atoms with E-state index in [9.17, 15) is 29.4 Å². The fraction of sp³-hybridized carbons (Fsp3) is 0.176. The van der Waals surface area contributed by atoms with Gasteiger partial charge in [-0.3, -0.25) is 9.59 Å². The van der Waals surface area contributed by atoms with Gasteiger partial charge in [0.2, 0.25) is 5.78 Å². The molecular formula is C34H28Cl2O10. The number of allylic oxidation sites excluding steroid dienone is 4. The molecule has 0 amide bonds. The molecule has 46 heavy (non-hydrogen) atoms. The van der Waals surface area contributed by atoms with Crippen molar-refractivity contribution >= 4 is 46.7 Å². The summed E-state index contributed by atoms with van der Waals surface area (Å²) < 4.78 is 20.8. The highest BCUT2D eigenvalue weighted by Gasteiger charge is 2.35. The number of hydrogen-bond donors (Lipinski definition) is 2.